The number of nitrogens with one attached hydrogen (secondary N) is 1. The highest BCUT2D eigenvalue weighted by molar-refractivity contribution is 5.45. The van der Waals surface area contributed by atoms with Crippen LogP contribution in [-0.2, 0) is 0 Å². The fourth-order valence-corrected chi connectivity index (χ4v) is 2.58. The zero-order valence-electron chi connectivity index (χ0n) is 13.2. The second kappa shape index (κ2) is 6.49. The Hall–Kier alpha value is -1.22. The summed E-state index contributed by atoms with van der Waals surface area (Å²) in [7, 11) is 0. The predicted octanol–water partition coefficient (Wildman–Crippen LogP) is 3.93. The van der Waals surface area contributed by atoms with Crippen LogP contribution in [-0.4, -0.2) is 19.8 Å². The second-order valence-electron chi connectivity index (χ2n) is 6.13. The molecular weight excluding hydrogens is 250 g/mol. The fraction of sp³-hybridized carbons (Fsp3) is 0.647. The summed E-state index contributed by atoms with van der Waals surface area (Å²) in [6.07, 6.45) is 2.27. The van der Waals surface area contributed by atoms with Crippen LogP contribution in [0, 0.1) is 5.41 Å². The Labute approximate surface area is 122 Å². The maximum Gasteiger partial charge on any atom is 0.161 e. The van der Waals surface area contributed by atoms with Gasteiger partial charge in [0.25, 0.3) is 0 Å². The van der Waals surface area contributed by atoms with Crippen LogP contribution in [0.2, 0.25) is 0 Å². The lowest BCUT2D eigenvalue weighted by Crippen LogP contribution is -2.34. The van der Waals surface area contributed by atoms with E-state index in [1.54, 1.807) is 0 Å². The summed E-state index contributed by atoms with van der Waals surface area (Å²) in [6, 6.07) is 6.68. The molecule has 0 aromatic heterocycles. The molecule has 20 heavy (non-hydrogen) atoms. The Kier molecular flexibility index (Phi) is 4.92. The van der Waals surface area contributed by atoms with Crippen molar-refractivity contribution in [2.45, 2.75) is 46.6 Å². The molecule has 1 aliphatic rings. The SMILES string of the molecule is CCCNC(c1ccc2c(c1)OCCO2)C(C)(C)CC. The van der Waals surface area contributed by atoms with Crippen molar-refractivity contribution < 1.29 is 9.47 Å². The van der Waals surface area contributed by atoms with Crippen LogP contribution in [0.1, 0.15) is 52.1 Å². The molecule has 0 fully saturated rings. The number of hydrogen-bond acceptors (Lipinski definition) is 3. The van der Waals surface area contributed by atoms with Gasteiger partial charge >= 0.3 is 0 Å². The molecule has 112 valence electrons. The average molecular weight is 277 g/mol. The van der Waals surface area contributed by atoms with Gasteiger partial charge in [0.05, 0.1) is 0 Å². The second-order valence-corrected chi connectivity index (χ2v) is 6.13. The summed E-state index contributed by atoms with van der Waals surface area (Å²) < 4.78 is 11.3. The van der Waals surface area contributed by atoms with Crippen molar-refractivity contribution in [2.24, 2.45) is 5.41 Å². The van der Waals surface area contributed by atoms with Crippen molar-refractivity contribution in [1.82, 2.24) is 5.32 Å². The molecule has 0 saturated carbocycles. The van der Waals surface area contributed by atoms with Gasteiger partial charge < -0.3 is 14.8 Å². The van der Waals surface area contributed by atoms with E-state index in [9.17, 15) is 0 Å². The number of hydrogen-bond donors (Lipinski definition) is 1. The van der Waals surface area contributed by atoms with Gasteiger partial charge in [0, 0.05) is 6.04 Å². The Morgan fingerprint density at radius 2 is 1.85 bits per heavy atom. The number of benzene rings is 1. The lowest BCUT2D eigenvalue weighted by Gasteiger charge is -2.35. The Morgan fingerprint density at radius 1 is 1.15 bits per heavy atom. The summed E-state index contributed by atoms with van der Waals surface area (Å²) >= 11 is 0. The van der Waals surface area contributed by atoms with Gasteiger partial charge in [-0.2, -0.15) is 0 Å². The Balaban J connectivity index is 2.28. The van der Waals surface area contributed by atoms with E-state index in [-0.39, 0.29) is 5.41 Å². The quantitative estimate of drug-likeness (QED) is 0.854. The molecule has 0 amide bonds. The molecule has 0 bridgehead atoms. The van der Waals surface area contributed by atoms with E-state index in [4.69, 9.17) is 9.47 Å². The third-order valence-corrected chi connectivity index (χ3v) is 4.19. The molecule has 1 atom stereocenters. The van der Waals surface area contributed by atoms with Gasteiger partial charge in [0.2, 0.25) is 0 Å². The third-order valence-electron chi connectivity index (χ3n) is 4.19. The largest absolute Gasteiger partial charge is 0.486 e. The van der Waals surface area contributed by atoms with E-state index in [1.807, 2.05) is 6.07 Å². The summed E-state index contributed by atoms with van der Waals surface area (Å²) in [5.74, 6) is 1.74. The van der Waals surface area contributed by atoms with Crippen LogP contribution in [0.3, 0.4) is 0 Å². The van der Waals surface area contributed by atoms with Crippen molar-refractivity contribution in [3.8, 4) is 11.5 Å². The lowest BCUT2D eigenvalue weighted by molar-refractivity contribution is 0.170. The maximum absolute atomic E-state index is 5.71. The van der Waals surface area contributed by atoms with Crippen molar-refractivity contribution in [3.05, 3.63) is 23.8 Å². The minimum absolute atomic E-state index is 0.207. The topological polar surface area (TPSA) is 30.5 Å². The molecule has 3 nitrogen and oxygen atoms in total. The molecule has 2 rings (SSSR count). The summed E-state index contributed by atoms with van der Waals surface area (Å²) in [4.78, 5) is 0. The van der Waals surface area contributed by atoms with Gasteiger partial charge in [-0.15, -0.1) is 0 Å². The number of ether oxygens (including phenoxy) is 2. The molecule has 1 aromatic rings. The standard InChI is InChI=1S/C17H27NO2/c1-5-9-18-16(17(3,4)6-2)13-7-8-14-15(12-13)20-11-10-19-14/h7-8,12,16,18H,5-6,9-11H2,1-4H3. The molecule has 0 spiro atoms. The molecule has 3 heteroatoms. The van der Waals surface area contributed by atoms with Gasteiger partial charge in [-0.25, -0.2) is 0 Å². The first-order chi connectivity index (χ1) is 9.58. The van der Waals surface area contributed by atoms with Crippen LogP contribution in [0.25, 0.3) is 0 Å². The van der Waals surface area contributed by atoms with E-state index in [0.717, 1.165) is 30.9 Å². The molecule has 1 aromatic carbocycles. The van der Waals surface area contributed by atoms with E-state index < -0.39 is 0 Å². The van der Waals surface area contributed by atoms with E-state index in [2.05, 4.69) is 45.1 Å². The smallest absolute Gasteiger partial charge is 0.161 e. The van der Waals surface area contributed by atoms with Crippen molar-refractivity contribution in [1.29, 1.82) is 0 Å². The maximum atomic E-state index is 5.71. The molecule has 0 radical (unpaired) electrons. The first kappa shape index (κ1) is 15.2. The molecular formula is C17H27NO2. The molecule has 0 saturated heterocycles. The van der Waals surface area contributed by atoms with Crippen LogP contribution in [0.15, 0.2) is 18.2 Å². The minimum atomic E-state index is 0.207. The van der Waals surface area contributed by atoms with Crippen LogP contribution >= 0.6 is 0 Å². The predicted molar refractivity (Wildman–Crippen MR) is 82.5 cm³/mol. The van der Waals surface area contributed by atoms with Crippen LogP contribution < -0.4 is 14.8 Å². The van der Waals surface area contributed by atoms with Crippen molar-refractivity contribution in [3.63, 3.8) is 0 Å². The zero-order chi connectivity index (χ0) is 14.6. The number of rotatable bonds is 6. The molecule has 1 aliphatic heterocycles. The average Bonchev–Trinajstić information content (AvgIpc) is 2.47. The third kappa shape index (κ3) is 3.26. The van der Waals surface area contributed by atoms with Gasteiger partial charge in [0.1, 0.15) is 13.2 Å². The fourth-order valence-electron chi connectivity index (χ4n) is 2.58. The molecule has 0 aliphatic carbocycles. The monoisotopic (exact) mass is 277 g/mol. The van der Waals surface area contributed by atoms with E-state index in [1.165, 1.54) is 5.56 Å². The first-order valence-corrected chi connectivity index (χ1v) is 7.71. The molecule has 1 unspecified atom stereocenters. The summed E-state index contributed by atoms with van der Waals surface area (Å²) in [5, 5.41) is 3.69. The molecule has 1 heterocycles. The van der Waals surface area contributed by atoms with E-state index in [0.29, 0.717) is 19.3 Å². The van der Waals surface area contributed by atoms with Gasteiger partial charge in [-0.3, -0.25) is 0 Å². The molecule has 1 N–H and O–H groups in total. The Bertz CT molecular complexity index is 443. The minimum Gasteiger partial charge on any atom is -0.486 e. The van der Waals surface area contributed by atoms with Crippen molar-refractivity contribution in [2.75, 3.05) is 19.8 Å². The highest BCUT2D eigenvalue weighted by atomic mass is 16.6. The van der Waals surface area contributed by atoms with Gasteiger partial charge in [-0.1, -0.05) is 33.8 Å². The zero-order valence-corrected chi connectivity index (χ0v) is 13.2. The van der Waals surface area contributed by atoms with Gasteiger partial charge in [0.15, 0.2) is 11.5 Å². The normalized spacial score (nSPS) is 16.0. The first-order valence-electron chi connectivity index (χ1n) is 7.71. The summed E-state index contributed by atoms with van der Waals surface area (Å²) in [6.45, 7) is 11.4. The highest BCUT2D eigenvalue weighted by Crippen LogP contribution is 2.40. The lowest BCUT2D eigenvalue weighted by atomic mass is 9.78. The van der Waals surface area contributed by atoms with Crippen molar-refractivity contribution >= 4 is 0 Å². The highest BCUT2D eigenvalue weighted by Gasteiger charge is 2.29. The van der Waals surface area contributed by atoms with Gasteiger partial charge in [-0.05, 0) is 42.5 Å². The Morgan fingerprint density at radius 3 is 2.50 bits per heavy atom. The van der Waals surface area contributed by atoms with Crippen LogP contribution in [0.5, 0.6) is 11.5 Å². The summed E-state index contributed by atoms with van der Waals surface area (Å²) in [5.41, 5.74) is 1.49. The van der Waals surface area contributed by atoms with E-state index >= 15 is 0 Å². The number of fused-ring (bicyclic) bond motifs is 1. The van der Waals surface area contributed by atoms with Crippen LogP contribution in [0.4, 0.5) is 0 Å².